The van der Waals surface area contributed by atoms with Crippen LogP contribution in [0.1, 0.15) is 24.0 Å². The van der Waals surface area contributed by atoms with E-state index in [2.05, 4.69) is 40.3 Å². The Bertz CT molecular complexity index is 1140. The van der Waals surface area contributed by atoms with Crippen LogP contribution in [0, 0.1) is 36.5 Å². The number of aromatic nitrogens is 4. The first-order chi connectivity index (χ1) is 15.5. The van der Waals surface area contributed by atoms with Crippen molar-refractivity contribution < 1.29 is 4.79 Å². The maximum Gasteiger partial charge on any atom is 0.233 e. The van der Waals surface area contributed by atoms with Gasteiger partial charge in [0.05, 0.1) is 36.4 Å². The van der Waals surface area contributed by atoms with Gasteiger partial charge >= 0.3 is 0 Å². The number of carbonyl (C=O) groups is 1. The van der Waals surface area contributed by atoms with E-state index in [9.17, 15) is 4.79 Å². The summed E-state index contributed by atoms with van der Waals surface area (Å²) in [5.74, 6) is 0.660. The lowest BCUT2D eigenvalue weighted by atomic mass is 10.1. The molecule has 0 N–H and O–H groups in total. The molecule has 0 fully saturated rings. The normalized spacial score (nSPS) is 10.4. The highest BCUT2D eigenvalue weighted by Crippen LogP contribution is 2.28. The van der Waals surface area contributed by atoms with Crippen LogP contribution in [0.25, 0.3) is 17.1 Å². The fourth-order valence-corrected chi connectivity index (χ4v) is 3.95. The second-order valence-corrected chi connectivity index (χ2v) is 8.07. The van der Waals surface area contributed by atoms with E-state index in [1.807, 2.05) is 35.8 Å². The molecule has 2 aromatic heterocycles. The molecule has 0 saturated heterocycles. The van der Waals surface area contributed by atoms with E-state index in [0.717, 1.165) is 16.8 Å². The molecule has 3 rings (SSSR count). The number of carbonyl (C=O) groups excluding carboxylic acids is 1. The lowest BCUT2D eigenvalue weighted by Crippen LogP contribution is -2.34. The number of hydrogen-bond acceptors (Lipinski definition) is 7. The Kier molecular flexibility index (Phi) is 7.96. The number of rotatable bonds is 9. The molecule has 0 aliphatic carbocycles. The SMILES string of the molecule is Cc1ccc(-n2c(SCC(=O)N(CCC#N)CCC#N)nnc2-c2ccncc2)cc1C. The molecule has 2 heterocycles. The van der Waals surface area contributed by atoms with Crippen molar-refractivity contribution >= 4 is 17.7 Å². The van der Waals surface area contributed by atoms with Gasteiger partial charge in [0.25, 0.3) is 0 Å². The molecule has 0 spiro atoms. The molecule has 0 atom stereocenters. The Hall–Kier alpha value is -3.69. The highest BCUT2D eigenvalue weighted by molar-refractivity contribution is 7.99. The van der Waals surface area contributed by atoms with E-state index >= 15 is 0 Å². The minimum atomic E-state index is -0.138. The van der Waals surface area contributed by atoms with Gasteiger partial charge in [-0.1, -0.05) is 17.8 Å². The summed E-state index contributed by atoms with van der Waals surface area (Å²) < 4.78 is 1.94. The van der Waals surface area contributed by atoms with Gasteiger partial charge in [-0.25, -0.2) is 0 Å². The summed E-state index contributed by atoms with van der Waals surface area (Å²) in [6.45, 7) is 4.72. The first-order valence-corrected chi connectivity index (χ1v) is 11.1. The summed E-state index contributed by atoms with van der Waals surface area (Å²) in [6.07, 6.45) is 3.86. The van der Waals surface area contributed by atoms with Gasteiger partial charge in [0.1, 0.15) is 0 Å². The van der Waals surface area contributed by atoms with Gasteiger partial charge in [0.15, 0.2) is 11.0 Å². The third-order valence-electron chi connectivity index (χ3n) is 4.99. The number of amides is 1. The summed E-state index contributed by atoms with van der Waals surface area (Å²) >= 11 is 1.29. The van der Waals surface area contributed by atoms with Crippen LogP contribution >= 0.6 is 11.8 Å². The standard InChI is InChI=1S/C23H23N7OS/c1-17-5-6-20(15-18(17)2)30-22(19-7-11-26-12-8-19)27-28-23(30)32-16-21(31)29(13-3-9-24)14-4-10-25/h5-8,11-12,15H,3-4,13-14,16H2,1-2H3. The van der Waals surface area contributed by atoms with Gasteiger partial charge in [-0.3, -0.25) is 14.3 Å². The molecule has 1 aromatic carbocycles. The highest BCUT2D eigenvalue weighted by atomic mass is 32.2. The topological polar surface area (TPSA) is 111 Å². The second kappa shape index (κ2) is 11.1. The number of nitrogens with zero attached hydrogens (tertiary/aromatic N) is 7. The largest absolute Gasteiger partial charge is 0.340 e. The van der Waals surface area contributed by atoms with Crippen molar-refractivity contribution in [2.45, 2.75) is 31.8 Å². The second-order valence-electron chi connectivity index (χ2n) is 7.13. The molecule has 8 nitrogen and oxygen atoms in total. The van der Waals surface area contributed by atoms with Crippen molar-refractivity contribution in [3.05, 3.63) is 53.9 Å². The molecule has 0 saturated carbocycles. The molecule has 1 amide bonds. The number of pyridine rings is 1. The third-order valence-corrected chi connectivity index (χ3v) is 5.90. The van der Waals surface area contributed by atoms with Crippen molar-refractivity contribution in [1.29, 1.82) is 10.5 Å². The van der Waals surface area contributed by atoms with Crippen molar-refractivity contribution in [1.82, 2.24) is 24.6 Å². The van der Waals surface area contributed by atoms with Gasteiger partial charge in [-0.2, -0.15) is 10.5 Å². The van der Waals surface area contributed by atoms with Crippen molar-refractivity contribution in [2.24, 2.45) is 0 Å². The van der Waals surface area contributed by atoms with E-state index in [1.54, 1.807) is 17.3 Å². The van der Waals surface area contributed by atoms with Gasteiger partial charge in [0.2, 0.25) is 5.91 Å². The van der Waals surface area contributed by atoms with Crippen LogP contribution in [0.5, 0.6) is 0 Å². The average molecular weight is 446 g/mol. The van der Waals surface area contributed by atoms with Crippen molar-refractivity contribution in [3.8, 4) is 29.2 Å². The zero-order valence-corrected chi connectivity index (χ0v) is 18.8. The Morgan fingerprint density at radius 1 is 1.03 bits per heavy atom. The molecular formula is C23H23N7OS. The Morgan fingerprint density at radius 2 is 1.72 bits per heavy atom. The number of benzene rings is 1. The Balaban J connectivity index is 1.90. The van der Waals surface area contributed by atoms with Crippen LogP contribution in [0.15, 0.2) is 47.9 Å². The van der Waals surface area contributed by atoms with Crippen molar-refractivity contribution in [2.75, 3.05) is 18.8 Å². The minimum absolute atomic E-state index is 0.135. The van der Waals surface area contributed by atoms with Gasteiger partial charge < -0.3 is 4.90 Å². The average Bonchev–Trinajstić information content (AvgIpc) is 3.24. The van der Waals surface area contributed by atoms with Crippen LogP contribution in [0.3, 0.4) is 0 Å². The van der Waals surface area contributed by atoms with Gasteiger partial charge in [-0.15, -0.1) is 10.2 Å². The van der Waals surface area contributed by atoms with Crippen LogP contribution in [0.2, 0.25) is 0 Å². The number of thioether (sulfide) groups is 1. The van der Waals surface area contributed by atoms with Gasteiger partial charge in [-0.05, 0) is 49.2 Å². The summed E-state index contributed by atoms with van der Waals surface area (Å²) in [5, 5.41) is 27.1. The molecule has 3 aromatic rings. The lowest BCUT2D eigenvalue weighted by Gasteiger charge is -2.20. The molecule has 0 radical (unpaired) electrons. The fourth-order valence-electron chi connectivity index (χ4n) is 3.10. The van der Waals surface area contributed by atoms with Crippen LogP contribution in [-0.4, -0.2) is 49.4 Å². The quantitative estimate of drug-likeness (QED) is 0.462. The monoisotopic (exact) mass is 445 g/mol. The lowest BCUT2D eigenvalue weighted by molar-refractivity contribution is -0.128. The molecule has 9 heteroatoms. The number of nitriles is 2. The maximum atomic E-state index is 12.8. The Labute approximate surface area is 191 Å². The number of hydrogen-bond donors (Lipinski definition) is 0. The maximum absolute atomic E-state index is 12.8. The van der Waals surface area contributed by atoms with Crippen molar-refractivity contribution in [3.63, 3.8) is 0 Å². The molecule has 0 unspecified atom stereocenters. The smallest absolute Gasteiger partial charge is 0.233 e. The Morgan fingerprint density at radius 3 is 2.34 bits per heavy atom. The van der Waals surface area contributed by atoms with E-state index in [4.69, 9.17) is 10.5 Å². The molecule has 162 valence electrons. The summed E-state index contributed by atoms with van der Waals surface area (Å²) in [4.78, 5) is 18.4. The predicted octanol–water partition coefficient (Wildman–Crippen LogP) is 3.69. The van der Waals surface area contributed by atoms with Crippen LogP contribution in [0.4, 0.5) is 0 Å². The predicted molar refractivity (Wildman–Crippen MR) is 122 cm³/mol. The molecular weight excluding hydrogens is 422 g/mol. The van der Waals surface area contributed by atoms with Crippen LogP contribution < -0.4 is 0 Å². The molecule has 0 aliphatic heterocycles. The van der Waals surface area contributed by atoms with E-state index < -0.39 is 0 Å². The molecule has 0 aliphatic rings. The van der Waals surface area contributed by atoms with E-state index in [0.29, 0.717) is 24.1 Å². The fraction of sp³-hybridized carbons (Fsp3) is 0.304. The first-order valence-electron chi connectivity index (χ1n) is 10.1. The first kappa shape index (κ1) is 23.0. The van der Waals surface area contributed by atoms with Crippen LogP contribution in [-0.2, 0) is 4.79 Å². The van der Waals surface area contributed by atoms with E-state index in [-0.39, 0.29) is 24.5 Å². The van der Waals surface area contributed by atoms with Gasteiger partial charge in [0, 0.05) is 31.0 Å². The molecule has 32 heavy (non-hydrogen) atoms. The minimum Gasteiger partial charge on any atom is -0.340 e. The zero-order chi connectivity index (χ0) is 22.9. The van der Waals surface area contributed by atoms with E-state index in [1.165, 1.54) is 17.3 Å². The third kappa shape index (κ3) is 5.51. The summed E-state index contributed by atoms with van der Waals surface area (Å²) in [5.41, 5.74) is 4.10. The number of aryl methyl sites for hydroxylation is 2. The highest BCUT2D eigenvalue weighted by Gasteiger charge is 2.20. The molecule has 0 bridgehead atoms. The zero-order valence-electron chi connectivity index (χ0n) is 18.0. The summed E-state index contributed by atoms with van der Waals surface area (Å²) in [7, 11) is 0. The summed E-state index contributed by atoms with van der Waals surface area (Å²) in [6, 6.07) is 14.0.